The van der Waals surface area contributed by atoms with Crippen molar-refractivity contribution in [2.24, 2.45) is 4.99 Å². The maximum atomic E-state index is 12.4. The van der Waals surface area contributed by atoms with Gasteiger partial charge in [0.05, 0.1) is 5.71 Å². The molecule has 0 unspecified atom stereocenters. The highest BCUT2D eigenvalue weighted by Gasteiger charge is 2.09. The lowest BCUT2D eigenvalue weighted by Crippen LogP contribution is -2.09. The zero-order chi connectivity index (χ0) is 20.5. The van der Waals surface area contributed by atoms with Crippen LogP contribution in [0, 0.1) is 6.92 Å². The van der Waals surface area contributed by atoms with E-state index in [1.54, 1.807) is 25.5 Å². The standard InChI is InChI=1S/C25H27N3O/c1-19-17-23(22-13-15-26-16-14-22)18-27-25(19)28-20(2)24(29)12-8-4-7-11-21-9-5-3-6-10-21/h3,5-6,9-10,13-18H,4,7-8,11-12H2,1-2H3/b28-20+. The Bertz CT molecular complexity index is 966. The van der Waals surface area contributed by atoms with E-state index >= 15 is 0 Å². The van der Waals surface area contributed by atoms with Crippen LogP contribution in [0.25, 0.3) is 11.1 Å². The number of Topliss-reactive ketones (excluding diaryl/α,β-unsaturated/α-hetero) is 1. The number of nitrogens with zero attached hydrogens (tertiary/aromatic N) is 3. The zero-order valence-corrected chi connectivity index (χ0v) is 17.1. The summed E-state index contributed by atoms with van der Waals surface area (Å²) in [4.78, 5) is 25.4. The van der Waals surface area contributed by atoms with Gasteiger partial charge in [0, 0.05) is 30.6 Å². The molecule has 0 saturated heterocycles. The van der Waals surface area contributed by atoms with Crippen molar-refractivity contribution in [3.05, 3.63) is 78.2 Å². The van der Waals surface area contributed by atoms with Crippen LogP contribution in [0.5, 0.6) is 0 Å². The van der Waals surface area contributed by atoms with E-state index in [1.165, 1.54) is 5.56 Å². The number of rotatable bonds is 9. The Morgan fingerprint density at radius 1 is 0.966 bits per heavy atom. The van der Waals surface area contributed by atoms with Crippen molar-refractivity contribution < 1.29 is 4.79 Å². The summed E-state index contributed by atoms with van der Waals surface area (Å²) in [7, 11) is 0. The number of aliphatic imine (C=N–C) groups is 1. The molecule has 1 aromatic carbocycles. The third kappa shape index (κ3) is 6.18. The number of ketones is 1. The predicted molar refractivity (Wildman–Crippen MR) is 119 cm³/mol. The molecule has 0 spiro atoms. The van der Waals surface area contributed by atoms with Crippen LogP contribution in [0.4, 0.5) is 5.82 Å². The van der Waals surface area contributed by atoms with E-state index in [0.29, 0.717) is 18.0 Å². The monoisotopic (exact) mass is 385 g/mol. The number of aromatic nitrogens is 2. The molecular formula is C25H27N3O. The van der Waals surface area contributed by atoms with Gasteiger partial charge < -0.3 is 0 Å². The molecule has 0 amide bonds. The number of unbranched alkanes of at least 4 members (excludes halogenated alkanes) is 2. The van der Waals surface area contributed by atoms with Crippen LogP contribution in [0.2, 0.25) is 0 Å². The summed E-state index contributed by atoms with van der Waals surface area (Å²) in [5, 5.41) is 0. The van der Waals surface area contributed by atoms with Gasteiger partial charge in [0.25, 0.3) is 0 Å². The fraction of sp³-hybridized carbons (Fsp3) is 0.280. The van der Waals surface area contributed by atoms with E-state index in [0.717, 1.165) is 42.4 Å². The first-order chi connectivity index (χ1) is 14.1. The highest BCUT2D eigenvalue weighted by molar-refractivity contribution is 6.39. The summed E-state index contributed by atoms with van der Waals surface area (Å²) in [5.41, 5.74) is 4.92. The molecule has 0 fully saturated rings. The Morgan fingerprint density at radius 3 is 2.45 bits per heavy atom. The second-order valence-electron chi connectivity index (χ2n) is 7.27. The van der Waals surface area contributed by atoms with Gasteiger partial charge >= 0.3 is 0 Å². The molecule has 0 N–H and O–H groups in total. The summed E-state index contributed by atoms with van der Waals surface area (Å²) in [5.74, 6) is 0.710. The fourth-order valence-electron chi connectivity index (χ4n) is 3.23. The first-order valence-corrected chi connectivity index (χ1v) is 10.1. The molecule has 0 saturated carbocycles. The van der Waals surface area contributed by atoms with Gasteiger partial charge in [0.1, 0.15) is 0 Å². The SMILES string of the molecule is C/C(=N\c1ncc(-c2ccncc2)cc1C)C(=O)CCCCCc1ccccc1. The lowest BCUT2D eigenvalue weighted by Gasteiger charge is -2.06. The summed E-state index contributed by atoms with van der Waals surface area (Å²) in [6.45, 7) is 3.75. The molecule has 148 valence electrons. The normalized spacial score (nSPS) is 11.4. The molecule has 2 aromatic heterocycles. The van der Waals surface area contributed by atoms with Gasteiger partial charge in [0.15, 0.2) is 11.6 Å². The smallest absolute Gasteiger partial charge is 0.176 e. The van der Waals surface area contributed by atoms with Crippen molar-refractivity contribution in [2.75, 3.05) is 0 Å². The van der Waals surface area contributed by atoms with Gasteiger partial charge in [-0.1, -0.05) is 36.8 Å². The molecule has 0 aliphatic heterocycles. The van der Waals surface area contributed by atoms with Gasteiger partial charge in [-0.25, -0.2) is 9.98 Å². The van der Waals surface area contributed by atoms with E-state index in [1.807, 2.05) is 31.2 Å². The van der Waals surface area contributed by atoms with E-state index in [9.17, 15) is 4.79 Å². The van der Waals surface area contributed by atoms with Crippen molar-refractivity contribution in [3.8, 4) is 11.1 Å². The molecule has 4 heteroatoms. The van der Waals surface area contributed by atoms with Crippen molar-refractivity contribution in [1.29, 1.82) is 0 Å². The maximum absolute atomic E-state index is 12.4. The van der Waals surface area contributed by atoms with E-state index in [-0.39, 0.29) is 5.78 Å². The minimum absolute atomic E-state index is 0.101. The summed E-state index contributed by atoms with van der Waals surface area (Å²) in [6, 6.07) is 16.4. The van der Waals surface area contributed by atoms with Crippen molar-refractivity contribution in [1.82, 2.24) is 9.97 Å². The highest BCUT2D eigenvalue weighted by Crippen LogP contribution is 2.23. The minimum Gasteiger partial charge on any atom is -0.293 e. The topological polar surface area (TPSA) is 55.2 Å². The van der Waals surface area contributed by atoms with Gasteiger partial charge in [-0.15, -0.1) is 0 Å². The quantitative estimate of drug-likeness (QED) is 0.339. The molecule has 3 rings (SSSR count). The fourth-order valence-corrected chi connectivity index (χ4v) is 3.23. The minimum atomic E-state index is 0.101. The largest absolute Gasteiger partial charge is 0.293 e. The first kappa shape index (κ1) is 20.6. The molecule has 29 heavy (non-hydrogen) atoms. The van der Waals surface area contributed by atoms with Gasteiger partial charge in [-0.3, -0.25) is 9.78 Å². The van der Waals surface area contributed by atoms with Gasteiger partial charge in [-0.05, 0) is 68.0 Å². The second-order valence-corrected chi connectivity index (χ2v) is 7.27. The Balaban J connectivity index is 1.51. The number of carbonyl (C=O) groups is 1. The van der Waals surface area contributed by atoms with Crippen LogP contribution in [-0.2, 0) is 11.2 Å². The molecule has 0 bridgehead atoms. The highest BCUT2D eigenvalue weighted by atomic mass is 16.1. The number of hydrogen-bond donors (Lipinski definition) is 0. The molecule has 0 radical (unpaired) electrons. The lowest BCUT2D eigenvalue weighted by molar-refractivity contribution is -0.113. The third-order valence-electron chi connectivity index (χ3n) is 4.95. The molecule has 3 aromatic rings. The molecule has 0 aliphatic carbocycles. The second kappa shape index (κ2) is 10.4. The van der Waals surface area contributed by atoms with E-state index < -0.39 is 0 Å². The number of aryl methyl sites for hydroxylation is 2. The number of pyridine rings is 2. The molecule has 0 atom stereocenters. The third-order valence-corrected chi connectivity index (χ3v) is 4.95. The Kier molecular flexibility index (Phi) is 7.40. The van der Waals surface area contributed by atoms with E-state index in [4.69, 9.17) is 0 Å². The van der Waals surface area contributed by atoms with Gasteiger partial charge in [-0.2, -0.15) is 0 Å². The molecule has 2 heterocycles. The average molecular weight is 386 g/mol. The Labute approximate surface area is 172 Å². The van der Waals surface area contributed by atoms with Crippen LogP contribution >= 0.6 is 0 Å². The molecular weight excluding hydrogens is 358 g/mol. The van der Waals surface area contributed by atoms with Crippen LogP contribution in [0.3, 0.4) is 0 Å². The van der Waals surface area contributed by atoms with Crippen LogP contribution in [-0.4, -0.2) is 21.5 Å². The number of carbonyl (C=O) groups excluding carboxylic acids is 1. The Hall–Kier alpha value is -3.14. The summed E-state index contributed by atoms with van der Waals surface area (Å²) >= 11 is 0. The van der Waals surface area contributed by atoms with Crippen molar-refractivity contribution >= 4 is 17.3 Å². The zero-order valence-electron chi connectivity index (χ0n) is 17.1. The molecule has 4 nitrogen and oxygen atoms in total. The van der Waals surface area contributed by atoms with Crippen molar-refractivity contribution in [3.63, 3.8) is 0 Å². The van der Waals surface area contributed by atoms with Crippen LogP contribution in [0.1, 0.15) is 43.7 Å². The lowest BCUT2D eigenvalue weighted by atomic mass is 10.0. The van der Waals surface area contributed by atoms with Gasteiger partial charge in [0.2, 0.25) is 0 Å². The van der Waals surface area contributed by atoms with Crippen LogP contribution in [0.15, 0.2) is 72.1 Å². The number of hydrogen-bond acceptors (Lipinski definition) is 4. The predicted octanol–water partition coefficient (Wildman–Crippen LogP) is 5.92. The van der Waals surface area contributed by atoms with E-state index in [2.05, 4.69) is 39.2 Å². The summed E-state index contributed by atoms with van der Waals surface area (Å²) in [6.07, 6.45) is 9.97. The van der Waals surface area contributed by atoms with Crippen LogP contribution < -0.4 is 0 Å². The summed E-state index contributed by atoms with van der Waals surface area (Å²) < 4.78 is 0. The molecule has 0 aliphatic rings. The maximum Gasteiger partial charge on any atom is 0.176 e. The number of benzene rings is 1. The average Bonchev–Trinajstić information content (AvgIpc) is 2.76. The Morgan fingerprint density at radius 2 is 1.72 bits per heavy atom. The van der Waals surface area contributed by atoms with Crippen molar-refractivity contribution in [2.45, 2.75) is 46.0 Å². The first-order valence-electron chi connectivity index (χ1n) is 10.1.